The van der Waals surface area contributed by atoms with Crippen LogP contribution in [0, 0.1) is 5.41 Å². The maximum Gasteiger partial charge on any atom is 0.245 e. The highest BCUT2D eigenvalue weighted by Crippen LogP contribution is 2.26. The number of aromatic nitrogens is 2. The number of rotatable bonds is 8. The van der Waals surface area contributed by atoms with Crippen LogP contribution in [0.5, 0.6) is 0 Å². The standard InChI is InChI=1S/C26H32N4O3/c1-5-23(26(2,3)4)28-25(32)22(15-24(31)29-33)30-16-21(27-17-30)20-13-11-19(12-14-20)18-9-7-6-8-10-18/h6-14,16-17,22-23,33H,5,15H2,1-4H3,(H,28,32)(H,29,31)/t22-,23+/m0/s1. The fourth-order valence-electron chi connectivity index (χ4n) is 3.87. The van der Waals surface area contributed by atoms with Gasteiger partial charge in [-0.2, -0.15) is 0 Å². The Hall–Kier alpha value is -3.45. The number of nitrogens with zero attached hydrogens (tertiary/aromatic N) is 2. The van der Waals surface area contributed by atoms with Gasteiger partial charge in [0.2, 0.25) is 11.8 Å². The fourth-order valence-corrected chi connectivity index (χ4v) is 3.87. The Morgan fingerprint density at radius 3 is 2.18 bits per heavy atom. The van der Waals surface area contributed by atoms with E-state index in [1.54, 1.807) is 22.6 Å². The first-order valence-corrected chi connectivity index (χ1v) is 11.2. The summed E-state index contributed by atoms with van der Waals surface area (Å²) < 4.78 is 1.63. The predicted octanol–water partition coefficient (Wildman–Crippen LogP) is 4.59. The van der Waals surface area contributed by atoms with E-state index in [9.17, 15) is 9.59 Å². The Morgan fingerprint density at radius 1 is 1.00 bits per heavy atom. The zero-order valence-electron chi connectivity index (χ0n) is 19.6. The molecule has 1 aromatic heterocycles. The lowest BCUT2D eigenvalue weighted by atomic mass is 9.85. The van der Waals surface area contributed by atoms with Crippen LogP contribution in [0.2, 0.25) is 0 Å². The summed E-state index contributed by atoms with van der Waals surface area (Å²) in [6, 6.07) is 17.2. The first-order chi connectivity index (χ1) is 15.7. The monoisotopic (exact) mass is 448 g/mol. The molecule has 33 heavy (non-hydrogen) atoms. The van der Waals surface area contributed by atoms with E-state index >= 15 is 0 Å². The number of amides is 2. The number of hydrogen-bond donors (Lipinski definition) is 3. The molecule has 2 aromatic carbocycles. The number of carbonyl (C=O) groups is 2. The molecule has 174 valence electrons. The molecule has 7 heteroatoms. The summed E-state index contributed by atoms with van der Waals surface area (Å²) in [7, 11) is 0. The summed E-state index contributed by atoms with van der Waals surface area (Å²) >= 11 is 0. The third-order valence-electron chi connectivity index (χ3n) is 5.83. The summed E-state index contributed by atoms with van der Waals surface area (Å²) in [5, 5.41) is 12.1. The molecule has 3 rings (SSSR count). The molecule has 2 atom stereocenters. The van der Waals surface area contributed by atoms with E-state index in [2.05, 4.69) is 43.2 Å². The second-order valence-electron chi connectivity index (χ2n) is 9.24. The summed E-state index contributed by atoms with van der Waals surface area (Å²) in [5.41, 5.74) is 5.32. The molecule has 0 spiro atoms. The molecule has 0 fully saturated rings. The van der Waals surface area contributed by atoms with Crippen molar-refractivity contribution < 1.29 is 14.8 Å². The summed E-state index contributed by atoms with van der Waals surface area (Å²) in [6.07, 6.45) is 3.86. The van der Waals surface area contributed by atoms with Crippen molar-refractivity contribution in [2.75, 3.05) is 0 Å². The van der Waals surface area contributed by atoms with Crippen molar-refractivity contribution in [3.05, 3.63) is 67.1 Å². The highest BCUT2D eigenvalue weighted by Gasteiger charge is 2.30. The number of hydroxylamine groups is 1. The van der Waals surface area contributed by atoms with Gasteiger partial charge < -0.3 is 9.88 Å². The SMILES string of the molecule is CC[C@@H](NC(=O)[C@H](CC(=O)NO)n1cnc(-c2ccc(-c3ccccc3)cc2)c1)C(C)(C)C. The summed E-state index contributed by atoms with van der Waals surface area (Å²) in [4.78, 5) is 29.5. The van der Waals surface area contributed by atoms with E-state index in [1.807, 2.05) is 49.4 Å². The maximum absolute atomic E-state index is 13.1. The van der Waals surface area contributed by atoms with Crippen molar-refractivity contribution in [1.29, 1.82) is 0 Å². The Labute approximate surface area is 194 Å². The van der Waals surface area contributed by atoms with Crippen LogP contribution in [0.15, 0.2) is 67.1 Å². The van der Waals surface area contributed by atoms with Gasteiger partial charge in [-0.1, -0.05) is 82.3 Å². The predicted molar refractivity (Wildman–Crippen MR) is 128 cm³/mol. The Balaban J connectivity index is 1.84. The molecular weight excluding hydrogens is 416 g/mol. The van der Waals surface area contributed by atoms with Gasteiger partial charge in [0, 0.05) is 17.8 Å². The molecule has 0 saturated heterocycles. The van der Waals surface area contributed by atoms with E-state index in [0.717, 1.165) is 23.1 Å². The molecule has 0 bridgehead atoms. The lowest BCUT2D eigenvalue weighted by molar-refractivity contribution is -0.134. The van der Waals surface area contributed by atoms with Gasteiger partial charge >= 0.3 is 0 Å². The van der Waals surface area contributed by atoms with Gasteiger partial charge in [0.25, 0.3) is 0 Å². The van der Waals surface area contributed by atoms with Crippen LogP contribution >= 0.6 is 0 Å². The molecule has 0 radical (unpaired) electrons. The van der Waals surface area contributed by atoms with Gasteiger partial charge in [0.15, 0.2) is 0 Å². The Morgan fingerprint density at radius 2 is 1.61 bits per heavy atom. The van der Waals surface area contributed by atoms with Crippen molar-refractivity contribution in [2.45, 2.75) is 52.6 Å². The number of nitrogens with one attached hydrogen (secondary N) is 2. The zero-order valence-corrected chi connectivity index (χ0v) is 19.6. The van der Waals surface area contributed by atoms with Crippen molar-refractivity contribution in [2.24, 2.45) is 5.41 Å². The Kier molecular flexibility index (Phi) is 7.66. The van der Waals surface area contributed by atoms with Gasteiger partial charge in [0.05, 0.1) is 18.4 Å². The first kappa shape index (κ1) is 24.2. The number of carbonyl (C=O) groups excluding carboxylic acids is 2. The molecular formula is C26H32N4O3. The van der Waals surface area contributed by atoms with Crippen LogP contribution in [0.4, 0.5) is 0 Å². The highest BCUT2D eigenvalue weighted by molar-refractivity contribution is 5.87. The highest BCUT2D eigenvalue weighted by atomic mass is 16.5. The smallest absolute Gasteiger partial charge is 0.245 e. The third-order valence-corrected chi connectivity index (χ3v) is 5.83. The minimum Gasteiger partial charge on any atom is -0.351 e. The molecule has 3 aromatic rings. The van der Waals surface area contributed by atoms with Crippen LogP contribution < -0.4 is 10.8 Å². The average molecular weight is 449 g/mol. The van der Waals surface area contributed by atoms with E-state index in [0.29, 0.717) is 5.69 Å². The van der Waals surface area contributed by atoms with Crippen molar-refractivity contribution in [3.8, 4) is 22.4 Å². The molecule has 0 aliphatic rings. The van der Waals surface area contributed by atoms with Crippen LogP contribution in [0.25, 0.3) is 22.4 Å². The molecule has 2 amide bonds. The summed E-state index contributed by atoms with van der Waals surface area (Å²) in [6.45, 7) is 8.20. The van der Waals surface area contributed by atoms with Crippen molar-refractivity contribution in [3.63, 3.8) is 0 Å². The average Bonchev–Trinajstić information content (AvgIpc) is 3.30. The third kappa shape index (κ3) is 6.08. The largest absolute Gasteiger partial charge is 0.351 e. The second-order valence-corrected chi connectivity index (χ2v) is 9.24. The first-order valence-electron chi connectivity index (χ1n) is 11.2. The lowest BCUT2D eigenvalue weighted by Crippen LogP contribution is -2.46. The van der Waals surface area contributed by atoms with Gasteiger partial charge in [-0.15, -0.1) is 0 Å². The topological polar surface area (TPSA) is 96.3 Å². The number of benzene rings is 2. The molecule has 0 aliphatic carbocycles. The molecule has 3 N–H and O–H groups in total. The van der Waals surface area contributed by atoms with E-state index in [-0.39, 0.29) is 23.8 Å². The normalized spacial score (nSPS) is 13.2. The number of imidazole rings is 1. The minimum absolute atomic E-state index is 0.0572. The maximum atomic E-state index is 13.1. The van der Waals surface area contributed by atoms with Gasteiger partial charge in [0.1, 0.15) is 6.04 Å². The van der Waals surface area contributed by atoms with Crippen molar-refractivity contribution >= 4 is 11.8 Å². The molecule has 1 heterocycles. The van der Waals surface area contributed by atoms with Gasteiger partial charge in [-0.25, -0.2) is 10.5 Å². The molecule has 7 nitrogen and oxygen atoms in total. The lowest BCUT2D eigenvalue weighted by Gasteiger charge is -2.32. The van der Waals surface area contributed by atoms with Crippen molar-refractivity contribution in [1.82, 2.24) is 20.3 Å². The van der Waals surface area contributed by atoms with Crippen LogP contribution in [0.3, 0.4) is 0 Å². The van der Waals surface area contributed by atoms with Gasteiger partial charge in [-0.3, -0.25) is 14.8 Å². The second kappa shape index (κ2) is 10.4. The van der Waals surface area contributed by atoms with E-state index < -0.39 is 11.9 Å². The van der Waals surface area contributed by atoms with Crippen LogP contribution in [0.1, 0.15) is 46.6 Å². The Bertz CT molecular complexity index is 1070. The van der Waals surface area contributed by atoms with E-state index in [4.69, 9.17) is 5.21 Å². The van der Waals surface area contributed by atoms with E-state index in [1.165, 1.54) is 0 Å². The fraction of sp³-hybridized carbons (Fsp3) is 0.346. The quantitative estimate of drug-likeness (QED) is 0.347. The number of hydrogen-bond acceptors (Lipinski definition) is 4. The molecule has 0 saturated carbocycles. The minimum atomic E-state index is -0.835. The van der Waals surface area contributed by atoms with Crippen LogP contribution in [-0.2, 0) is 9.59 Å². The van der Waals surface area contributed by atoms with Crippen LogP contribution in [-0.4, -0.2) is 32.6 Å². The molecule has 0 aliphatic heterocycles. The summed E-state index contributed by atoms with van der Waals surface area (Å²) in [5.74, 6) is -0.926. The van der Waals surface area contributed by atoms with Gasteiger partial charge in [-0.05, 0) is 23.0 Å². The molecule has 0 unspecified atom stereocenters. The zero-order chi connectivity index (χ0) is 24.0.